The molecule has 21 heavy (non-hydrogen) atoms. The SMILES string of the molecule is COc1cc(NC(=O)OC(C)(C)C)c(C=O)c(C)c1OC. The Kier molecular flexibility index (Phi) is 5.18. The van der Waals surface area contributed by atoms with Crippen LogP contribution in [-0.2, 0) is 4.74 Å². The van der Waals surface area contributed by atoms with Gasteiger partial charge in [-0.25, -0.2) is 4.79 Å². The second-order valence-electron chi connectivity index (χ2n) is 5.44. The largest absolute Gasteiger partial charge is 0.493 e. The van der Waals surface area contributed by atoms with Crippen LogP contribution in [-0.4, -0.2) is 32.2 Å². The Morgan fingerprint density at radius 2 is 1.86 bits per heavy atom. The summed E-state index contributed by atoms with van der Waals surface area (Å²) in [5.41, 5.74) is 0.586. The molecule has 0 aliphatic heterocycles. The van der Waals surface area contributed by atoms with Crippen molar-refractivity contribution >= 4 is 18.1 Å². The summed E-state index contributed by atoms with van der Waals surface area (Å²) in [7, 11) is 2.97. The predicted octanol–water partition coefficient (Wildman–Crippen LogP) is 3.17. The van der Waals surface area contributed by atoms with Crippen molar-refractivity contribution in [2.45, 2.75) is 33.3 Å². The average Bonchev–Trinajstić information content (AvgIpc) is 2.36. The van der Waals surface area contributed by atoms with E-state index in [0.717, 1.165) is 0 Å². The van der Waals surface area contributed by atoms with E-state index < -0.39 is 11.7 Å². The molecule has 6 nitrogen and oxygen atoms in total. The first kappa shape index (κ1) is 16.8. The molecule has 0 unspecified atom stereocenters. The zero-order chi connectivity index (χ0) is 16.2. The van der Waals surface area contributed by atoms with Crippen molar-refractivity contribution in [1.82, 2.24) is 0 Å². The molecule has 6 heteroatoms. The lowest BCUT2D eigenvalue weighted by Crippen LogP contribution is -2.27. The molecular formula is C15H21NO5. The van der Waals surface area contributed by atoms with Crippen molar-refractivity contribution < 1.29 is 23.8 Å². The van der Waals surface area contributed by atoms with Crippen molar-refractivity contribution in [3.05, 3.63) is 17.2 Å². The van der Waals surface area contributed by atoms with Crippen LogP contribution >= 0.6 is 0 Å². The molecule has 1 aromatic rings. The molecule has 1 N–H and O–H groups in total. The molecule has 0 aromatic heterocycles. The van der Waals surface area contributed by atoms with Crippen LogP contribution in [0.5, 0.6) is 11.5 Å². The maximum Gasteiger partial charge on any atom is 0.412 e. The molecule has 0 bridgehead atoms. The number of nitrogens with one attached hydrogen (secondary N) is 1. The lowest BCUT2D eigenvalue weighted by molar-refractivity contribution is 0.0636. The second-order valence-corrected chi connectivity index (χ2v) is 5.44. The summed E-state index contributed by atoms with van der Waals surface area (Å²) in [5, 5.41) is 2.56. The van der Waals surface area contributed by atoms with Gasteiger partial charge in [-0.05, 0) is 27.7 Å². The summed E-state index contributed by atoms with van der Waals surface area (Å²) in [5.74, 6) is 0.876. The molecular weight excluding hydrogens is 274 g/mol. The number of benzene rings is 1. The van der Waals surface area contributed by atoms with Crippen LogP contribution in [0.3, 0.4) is 0 Å². The minimum absolute atomic E-state index is 0.314. The third-order valence-electron chi connectivity index (χ3n) is 2.71. The maximum atomic E-state index is 11.8. The minimum Gasteiger partial charge on any atom is -0.493 e. The number of rotatable bonds is 4. The highest BCUT2D eigenvalue weighted by Gasteiger charge is 2.20. The van der Waals surface area contributed by atoms with E-state index in [4.69, 9.17) is 14.2 Å². The Hall–Kier alpha value is -2.24. The van der Waals surface area contributed by atoms with Crippen molar-refractivity contribution in [1.29, 1.82) is 0 Å². The maximum absolute atomic E-state index is 11.8. The van der Waals surface area contributed by atoms with Crippen molar-refractivity contribution in [3.8, 4) is 11.5 Å². The topological polar surface area (TPSA) is 73.9 Å². The minimum atomic E-state index is -0.641. The second kappa shape index (κ2) is 6.47. The molecule has 1 aromatic carbocycles. The van der Waals surface area contributed by atoms with Crippen molar-refractivity contribution in [3.63, 3.8) is 0 Å². The lowest BCUT2D eigenvalue weighted by Gasteiger charge is -2.21. The van der Waals surface area contributed by atoms with E-state index in [1.54, 1.807) is 27.7 Å². The number of hydrogen-bond donors (Lipinski definition) is 1. The monoisotopic (exact) mass is 295 g/mol. The van der Waals surface area contributed by atoms with Crippen LogP contribution < -0.4 is 14.8 Å². The summed E-state index contributed by atoms with van der Waals surface area (Å²) in [6.45, 7) is 6.98. The van der Waals surface area contributed by atoms with Gasteiger partial charge in [0.2, 0.25) is 0 Å². The zero-order valence-electron chi connectivity index (χ0n) is 13.2. The highest BCUT2D eigenvalue weighted by molar-refractivity contribution is 5.96. The Morgan fingerprint density at radius 1 is 1.24 bits per heavy atom. The first-order valence-corrected chi connectivity index (χ1v) is 6.44. The van der Waals surface area contributed by atoms with E-state index in [1.165, 1.54) is 20.3 Å². The van der Waals surface area contributed by atoms with Gasteiger partial charge < -0.3 is 14.2 Å². The lowest BCUT2D eigenvalue weighted by atomic mass is 10.1. The van der Waals surface area contributed by atoms with Crippen molar-refractivity contribution in [2.75, 3.05) is 19.5 Å². The summed E-state index contributed by atoms with van der Waals surface area (Å²) in [6, 6.07) is 1.53. The highest BCUT2D eigenvalue weighted by Crippen LogP contribution is 2.37. The van der Waals surface area contributed by atoms with Crippen LogP contribution in [0.25, 0.3) is 0 Å². The highest BCUT2D eigenvalue weighted by atomic mass is 16.6. The fraction of sp³-hybridized carbons (Fsp3) is 0.467. The third kappa shape index (κ3) is 4.11. The van der Waals surface area contributed by atoms with Gasteiger partial charge in [0.15, 0.2) is 17.8 Å². The van der Waals surface area contributed by atoms with Crippen LogP contribution in [0.2, 0.25) is 0 Å². The van der Waals surface area contributed by atoms with E-state index in [1.807, 2.05) is 0 Å². The quantitative estimate of drug-likeness (QED) is 0.864. The van der Waals surface area contributed by atoms with E-state index in [0.29, 0.717) is 34.6 Å². The normalized spacial score (nSPS) is 10.8. The number of anilines is 1. The molecule has 0 atom stereocenters. The predicted molar refractivity (Wildman–Crippen MR) is 79.5 cm³/mol. The number of hydrogen-bond acceptors (Lipinski definition) is 5. The van der Waals surface area contributed by atoms with Gasteiger partial charge in [0.25, 0.3) is 0 Å². The molecule has 0 fully saturated rings. The number of carbonyl (C=O) groups excluding carboxylic acids is 2. The van der Waals surface area contributed by atoms with Crippen LogP contribution in [0.15, 0.2) is 6.07 Å². The van der Waals surface area contributed by atoms with Gasteiger partial charge in [-0.1, -0.05) is 0 Å². The third-order valence-corrected chi connectivity index (χ3v) is 2.71. The molecule has 0 saturated carbocycles. The van der Waals surface area contributed by atoms with Gasteiger partial charge in [0.05, 0.1) is 19.9 Å². The molecule has 1 rings (SSSR count). The van der Waals surface area contributed by atoms with Crippen LogP contribution in [0.4, 0.5) is 10.5 Å². The average molecular weight is 295 g/mol. The van der Waals surface area contributed by atoms with Gasteiger partial charge in [0.1, 0.15) is 5.60 Å². The molecule has 116 valence electrons. The van der Waals surface area contributed by atoms with Gasteiger partial charge in [-0.2, -0.15) is 0 Å². The molecule has 0 heterocycles. The van der Waals surface area contributed by atoms with E-state index >= 15 is 0 Å². The van der Waals surface area contributed by atoms with Gasteiger partial charge >= 0.3 is 6.09 Å². The van der Waals surface area contributed by atoms with Crippen LogP contribution in [0, 0.1) is 6.92 Å². The summed E-state index contributed by atoms with van der Waals surface area (Å²) >= 11 is 0. The summed E-state index contributed by atoms with van der Waals surface area (Å²) in [4.78, 5) is 23.1. The van der Waals surface area contributed by atoms with Gasteiger partial charge in [-0.15, -0.1) is 0 Å². The molecule has 0 aliphatic carbocycles. The Morgan fingerprint density at radius 3 is 2.29 bits per heavy atom. The van der Waals surface area contributed by atoms with Gasteiger partial charge in [-0.3, -0.25) is 10.1 Å². The number of amides is 1. The van der Waals surface area contributed by atoms with E-state index in [2.05, 4.69) is 5.32 Å². The smallest absolute Gasteiger partial charge is 0.412 e. The summed E-state index contributed by atoms with van der Waals surface area (Å²) in [6.07, 6.45) is 0.0153. The number of ether oxygens (including phenoxy) is 3. The molecule has 0 saturated heterocycles. The Balaban J connectivity index is 3.20. The Labute approximate surface area is 124 Å². The first-order chi connectivity index (χ1) is 9.73. The zero-order valence-corrected chi connectivity index (χ0v) is 13.2. The molecule has 0 aliphatic rings. The van der Waals surface area contributed by atoms with E-state index in [9.17, 15) is 9.59 Å². The first-order valence-electron chi connectivity index (χ1n) is 6.44. The number of aldehydes is 1. The number of carbonyl (C=O) groups is 2. The van der Waals surface area contributed by atoms with E-state index in [-0.39, 0.29) is 0 Å². The molecule has 0 radical (unpaired) electrons. The molecule has 0 spiro atoms. The fourth-order valence-corrected chi connectivity index (χ4v) is 1.86. The van der Waals surface area contributed by atoms with Crippen molar-refractivity contribution in [2.24, 2.45) is 0 Å². The molecule has 1 amide bonds. The standard InChI is InChI=1S/C15H21NO5/c1-9-10(8-17)11(7-12(19-5)13(9)20-6)16-14(18)21-15(2,3)4/h7-8H,1-6H3,(H,16,18). The Bertz CT molecular complexity index is 546. The van der Waals surface area contributed by atoms with Gasteiger partial charge in [0, 0.05) is 17.2 Å². The number of methoxy groups -OCH3 is 2. The summed E-state index contributed by atoms with van der Waals surface area (Å²) < 4.78 is 15.6. The fourth-order valence-electron chi connectivity index (χ4n) is 1.86. The van der Waals surface area contributed by atoms with Crippen LogP contribution in [0.1, 0.15) is 36.7 Å².